The highest BCUT2D eigenvalue weighted by Gasteiger charge is 2.21. The van der Waals surface area contributed by atoms with E-state index < -0.39 is 0 Å². The van der Waals surface area contributed by atoms with E-state index in [-0.39, 0.29) is 0 Å². The molecule has 1 aliphatic carbocycles. The maximum absolute atomic E-state index is 7.45. The van der Waals surface area contributed by atoms with E-state index in [1.807, 2.05) is 0 Å². The number of aromatic nitrogens is 1. The fraction of sp³-hybridized carbons (Fsp3) is 0.462. The molecular weight excluding hydrogens is 184 g/mol. The summed E-state index contributed by atoms with van der Waals surface area (Å²) >= 11 is 0. The van der Waals surface area contributed by atoms with Gasteiger partial charge >= 0.3 is 0 Å². The highest BCUT2D eigenvalue weighted by molar-refractivity contribution is 5.78. The van der Waals surface area contributed by atoms with Crippen molar-refractivity contribution in [1.29, 1.82) is 5.41 Å². The molecule has 2 heteroatoms. The van der Waals surface area contributed by atoms with Crippen LogP contribution >= 0.6 is 0 Å². The molecule has 1 atom stereocenters. The largest absolute Gasteiger partial charge is 0.340 e. The van der Waals surface area contributed by atoms with Crippen molar-refractivity contribution < 1.29 is 0 Å². The maximum atomic E-state index is 7.45. The molecule has 1 N–H and O–H groups in total. The van der Waals surface area contributed by atoms with E-state index in [2.05, 4.69) is 43.6 Å². The minimum absolute atomic E-state index is 0.430. The van der Waals surface area contributed by atoms with Gasteiger partial charge in [0.1, 0.15) is 0 Å². The zero-order valence-corrected chi connectivity index (χ0v) is 9.62. The Hall–Kier alpha value is -1.31. The average Bonchev–Trinajstić information content (AvgIpc) is 2.57. The number of fused-ring (bicyclic) bond motifs is 1. The van der Waals surface area contributed by atoms with Crippen molar-refractivity contribution in [2.45, 2.75) is 39.2 Å². The van der Waals surface area contributed by atoms with Crippen LogP contribution in [0.25, 0.3) is 6.08 Å². The Bertz CT molecular complexity index is 410. The molecule has 0 saturated heterocycles. The van der Waals surface area contributed by atoms with Gasteiger partial charge in [-0.2, -0.15) is 0 Å². The normalized spacial score (nSPS) is 19.3. The third-order valence-electron chi connectivity index (χ3n) is 3.05. The Labute approximate surface area is 91.1 Å². The van der Waals surface area contributed by atoms with Crippen molar-refractivity contribution in [3.63, 3.8) is 0 Å². The van der Waals surface area contributed by atoms with Crippen LogP contribution in [0.5, 0.6) is 0 Å². The van der Waals surface area contributed by atoms with Crippen molar-refractivity contribution in [2.75, 3.05) is 0 Å². The minimum Gasteiger partial charge on any atom is -0.340 e. The molecule has 0 spiro atoms. The second kappa shape index (κ2) is 3.69. The van der Waals surface area contributed by atoms with E-state index in [9.17, 15) is 0 Å². The van der Waals surface area contributed by atoms with Crippen LogP contribution in [-0.4, -0.2) is 10.8 Å². The van der Waals surface area contributed by atoms with Crippen LogP contribution in [0.1, 0.15) is 56.1 Å². The molecule has 1 aliphatic rings. The van der Waals surface area contributed by atoms with Crippen LogP contribution in [0.2, 0.25) is 0 Å². The van der Waals surface area contributed by atoms with Crippen molar-refractivity contribution in [1.82, 2.24) is 4.57 Å². The first-order chi connectivity index (χ1) is 7.15. The van der Waals surface area contributed by atoms with Crippen LogP contribution in [0.15, 0.2) is 12.1 Å². The number of nitrogens with one attached hydrogen (secondary N) is 1. The molecule has 0 bridgehead atoms. The summed E-state index contributed by atoms with van der Waals surface area (Å²) in [4.78, 5) is 0. The fourth-order valence-corrected chi connectivity index (χ4v) is 2.43. The van der Waals surface area contributed by atoms with Gasteiger partial charge in [-0.1, -0.05) is 19.1 Å². The lowest BCUT2D eigenvalue weighted by atomic mass is 9.94. The molecule has 2 rings (SSSR count). The van der Waals surface area contributed by atoms with Crippen molar-refractivity contribution in [2.24, 2.45) is 0 Å². The number of hydrogen-bond acceptors (Lipinski definition) is 1. The predicted molar refractivity (Wildman–Crippen MR) is 64.8 cm³/mol. The molecule has 0 amide bonds. The van der Waals surface area contributed by atoms with Crippen LogP contribution in [0.3, 0.4) is 0 Å². The summed E-state index contributed by atoms with van der Waals surface area (Å²) in [5.41, 5.74) is 3.71. The summed E-state index contributed by atoms with van der Waals surface area (Å²) < 4.78 is 2.29. The molecule has 2 nitrogen and oxygen atoms in total. The van der Waals surface area contributed by atoms with Crippen molar-refractivity contribution >= 4 is 12.3 Å². The summed E-state index contributed by atoms with van der Waals surface area (Å²) in [7, 11) is 0. The molecule has 1 heterocycles. The van der Waals surface area contributed by atoms with E-state index in [1.54, 1.807) is 0 Å². The van der Waals surface area contributed by atoms with Gasteiger partial charge in [-0.25, -0.2) is 0 Å². The second-order valence-corrected chi connectivity index (χ2v) is 4.56. The zero-order chi connectivity index (χ0) is 11.0. The van der Waals surface area contributed by atoms with Gasteiger partial charge in [0, 0.05) is 23.9 Å². The molecule has 0 aromatic carbocycles. The summed E-state index contributed by atoms with van der Waals surface area (Å²) in [6, 6.07) is 2.55. The first kappa shape index (κ1) is 10.2. The third kappa shape index (κ3) is 1.54. The van der Waals surface area contributed by atoms with Gasteiger partial charge in [0.05, 0.1) is 5.69 Å². The van der Waals surface area contributed by atoms with Gasteiger partial charge in [0.15, 0.2) is 0 Å². The monoisotopic (exact) mass is 202 g/mol. The molecule has 80 valence electrons. The smallest absolute Gasteiger partial charge is 0.0596 e. The Morgan fingerprint density at radius 1 is 1.53 bits per heavy atom. The van der Waals surface area contributed by atoms with Crippen LogP contribution in [0.4, 0.5) is 0 Å². The topological polar surface area (TPSA) is 28.8 Å². The van der Waals surface area contributed by atoms with Crippen LogP contribution < -0.4 is 0 Å². The molecular formula is C13H18N2. The van der Waals surface area contributed by atoms with E-state index >= 15 is 0 Å². The SMILES string of the molecule is CC1CC=Cc2cc(C=N)n(C(C)C)c21. The van der Waals surface area contributed by atoms with E-state index in [4.69, 9.17) is 5.41 Å². The fourth-order valence-electron chi connectivity index (χ4n) is 2.43. The number of nitrogens with zero attached hydrogens (tertiary/aromatic N) is 1. The van der Waals surface area contributed by atoms with Gasteiger partial charge < -0.3 is 9.98 Å². The highest BCUT2D eigenvalue weighted by atomic mass is 15.0. The standard InChI is InChI=1S/C13H18N2/c1-9(2)15-12(8-14)7-11-6-4-5-10(3)13(11)15/h4,6-10,14H,5H2,1-3H3. The lowest BCUT2D eigenvalue weighted by Gasteiger charge is -2.22. The zero-order valence-electron chi connectivity index (χ0n) is 9.62. The molecule has 0 saturated carbocycles. The molecule has 1 aromatic heterocycles. The van der Waals surface area contributed by atoms with E-state index in [0.29, 0.717) is 12.0 Å². The molecule has 0 aliphatic heterocycles. The third-order valence-corrected chi connectivity index (χ3v) is 3.05. The molecule has 0 fully saturated rings. The Morgan fingerprint density at radius 3 is 2.87 bits per heavy atom. The van der Waals surface area contributed by atoms with Gasteiger partial charge in [0.2, 0.25) is 0 Å². The van der Waals surface area contributed by atoms with Crippen LogP contribution in [0, 0.1) is 5.41 Å². The maximum Gasteiger partial charge on any atom is 0.0596 e. The average molecular weight is 202 g/mol. The van der Waals surface area contributed by atoms with Gasteiger partial charge in [-0.05, 0) is 31.9 Å². The summed E-state index contributed by atoms with van der Waals surface area (Å²) in [6.45, 7) is 6.62. The number of hydrogen-bond donors (Lipinski definition) is 1. The van der Waals surface area contributed by atoms with E-state index in [0.717, 1.165) is 12.1 Å². The lowest BCUT2D eigenvalue weighted by Crippen LogP contribution is -2.12. The van der Waals surface area contributed by atoms with Gasteiger partial charge in [-0.3, -0.25) is 0 Å². The summed E-state index contributed by atoms with van der Waals surface area (Å²) in [5, 5.41) is 7.45. The minimum atomic E-state index is 0.430. The quantitative estimate of drug-likeness (QED) is 0.710. The lowest BCUT2D eigenvalue weighted by molar-refractivity contribution is 0.546. The Kier molecular flexibility index (Phi) is 2.51. The molecule has 15 heavy (non-hydrogen) atoms. The summed E-state index contributed by atoms with van der Waals surface area (Å²) in [5.74, 6) is 0.570. The predicted octanol–water partition coefficient (Wildman–Crippen LogP) is 3.59. The second-order valence-electron chi connectivity index (χ2n) is 4.56. The van der Waals surface area contributed by atoms with Crippen molar-refractivity contribution in [3.05, 3.63) is 29.1 Å². The van der Waals surface area contributed by atoms with E-state index in [1.165, 1.54) is 17.5 Å². The molecule has 0 radical (unpaired) electrons. The highest BCUT2D eigenvalue weighted by Crippen LogP contribution is 2.33. The summed E-state index contributed by atoms with van der Waals surface area (Å²) in [6.07, 6.45) is 6.98. The van der Waals surface area contributed by atoms with Gasteiger partial charge in [0.25, 0.3) is 0 Å². The van der Waals surface area contributed by atoms with Gasteiger partial charge in [-0.15, -0.1) is 0 Å². The number of allylic oxidation sites excluding steroid dienone is 1. The van der Waals surface area contributed by atoms with Crippen molar-refractivity contribution in [3.8, 4) is 0 Å². The Morgan fingerprint density at radius 2 is 2.27 bits per heavy atom. The van der Waals surface area contributed by atoms with Crippen LogP contribution in [-0.2, 0) is 0 Å². The molecule has 1 aromatic rings. The molecule has 1 unspecified atom stereocenters. The first-order valence-electron chi connectivity index (χ1n) is 5.57. The first-order valence-corrected chi connectivity index (χ1v) is 5.57. The number of rotatable bonds is 2. The Balaban J connectivity index is 2.65.